The summed E-state index contributed by atoms with van der Waals surface area (Å²) in [4.78, 5) is 27.5. The smallest absolute Gasteiger partial charge is 0.260 e. The normalized spacial score (nSPS) is 11.6. The van der Waals surface area contributed by atoms with Gasteiger partial charge in [0.1, 0.15) is 11.3 Å². The first-order chi connectivity index (χ1) is 13.1. The molecule has 5 heteroatoms. The summed E-state index contributed by atoms with van der Waals surface area (Å²) < 4.78 is 5.49. The summed E-state index contributed by atoms with van der Waals surface area (Å²) in [7, 11) is 0. The Morgan fingerprint density at radius 2 is 1.67 bits per heavy atom. The summed E-state index contributed by atoms with van der Waals surface area (Å²) in [6, 6.07) is 20.1. The Labute approximate surface area is 158 Å². The number of hydrogen-bond donors (Lipinski definition) is 2. The SMILES string of the molecule is CCOc1ccc(C(NC(=O)c2ccc(C)[nH]c2=O)c2ccccc2)cc1. The van der Waals surface area contributed by atoms with Gasteiger partial charge in [0.2, 0.25) is 0 Å². The Bertz CT molecular complexity index is 963. The highest BCUT2D eigenvalue weighted by Gasteiger charge is 2.19. The van der Waals surface area contributed by atoms with Crippen molar-refractivity contribution in [1.82, 2.24) is 10.3 Å². The number of amides is 1. The molecule has 0 bridgehead atoms. The summed E-state index contributed by atoms with van der Waals surface area (Å²) in [5.41, 5.74) is 2.24. The van der Waals surface area contributed by atoms with Crippen LogP contribution in [-0.2, 0) is 0 Å². The van der Waals surface area contributed by atoms with E-state index in [-0.39, 0.29) is 11.6 Å². The summed E-state index contributed by atoms with van der Waals surface area (Å²) in [6.45, 7) is 4.30. The van der Waals surface area contributed by atoms with Crippen molar-refractivity contribution >= 4 is 5.91 Å². The predicted molar refractivity (Wildman–Crippen MR) is 105 cm³/mol. The molecular formula is C22H22N2O3. The molecule has 0 radical (unpaired) electrons. The second-order valence-corrected chi connectivity index (χ2v) is 6.20. The third-order valence-corrected chi connectivity index (χ3v) is 4.23. The quantitative estimate of drug-likeness (QED) is 0.704. The van der Waals surface area contributed by atoms with E-state index < -0.39 is 11.5 Å². The van der Waals surface area contributed by atoms with Crippen molar-refractivity contribution < 1.29 is 9.53 Å². The minimum atomic E-state index is -0.418. The van der Waals surface area contributed by atoms with Gasteiger partial charge >= 0.3 is 0 Å². The Kier molecular flexibility index (Phi) is 5.71. The van der Waals surface area contributed by atoms with Crippen LogP contribution in [0.3, 0.4) is 0 Å². The number of nitrogens with one attached hydrogen (secondary N) is 2. The van der Waals surface area contributed by atoms with Gasteiger partial charge in [-0.3, -0.25) is 9.59 Å². The van der Waals surface area contributed by atoms with Gasteiger partial charge in [0.25, 0.3) is 11.5 Å². The maximum absolute atomic E-state index is 12.7. The number of hydrogen-bond acceptors (Lipinski definition) is 3. The van der Waals surface area contributed by atoms with E-state index in [9.17, 15) is 9.59 Å². The lowest BCUT2D eigenvalue weighted by molar-refractivity contribution is 0.0941. The van der Waals surface area contributed by atoms with E-state index in [1.165, 1.54) is 0 Å². The van der Waals surface area contributed by atoms with E-state index in [2.05, 4.69) is 10.3 Å². The van der Waals surface area contributed by atoms with E-state index in [1.54, 1.807) is 19.1 Å². The summed E-state index contributed by atoms with van der Waals surface area (Å²) >= 11 is 0. The largest absolute Gasteiger partial charge is 0.494 e. The first kappa shape index (κ1) is 18.5. The lowest BCUT2D eigenvalue weighted by atomic mass is 9.98. The highest BCUT2D eigenvalue weighted by molar-refractivity contribution is 5.94. The number of carbonyl (C=O) groups excluding carboxylic acids is 1. The number of ether oxygens (including phenoxy) is 1. The fourth-order valence-electron chi connectivity index (χ4n) is 2.89. The molecule has 27 heavy (non-hydrogen) atoms. The average Bonchev–Trinajstić information content (AvgIpc) is 2.67. The number of benzene rings is 2. The van der Waals surface area contributed by atoms with Crippen molar-refractivity contribution in [2.45, 2.75) is 19.9 Å². The Hall–Kier alpha value is -3.34. The lowest BCUT2D eigenvalue weighted by Crippen LogP contribution is -2.33. The average molecular weight is 362 g/mol. The van der Waals surface area contributed by atoms with Gasteiger partial charge in [-0.05, 0) is 49.2 Å². The summed E-state index contributed by atoms with van der Waals surface area (Å²) in [5.74, 6) is 0.355. The summed E-state index contributed by atoms with van der Waals surface area (Å²) in [5, 5.41) is 2.98. The maximum atomic E-state index is 12.7. The molecule has 1 heterocycles. The van der Waals surface area contributed by atoms with Crippen LogP contribution >= 0.6 is 0 Å². The monoisotopic (exact) mass is 362 g/mol. The van der Waals surface area contributed by atoms with E-state index in [0.717, 1.165) is 16.9 Å². The van der Waals surface area contributed by atoms with Crippen LogP contribution in [0.1, 0.15) is 40.1 Å². The van der Waals surface area contributed by atoms with E-state index >= 15 is 0 Å². The molecule has 3 rings (SSSR count). The topological polar surface area (TPSA) is 71.2 Å². The number of aryl methyl sites for hydroxylation is 1. The van der Waals surface area contributed by atoms with Crippen LogP contribution in [0.25, 0.3) is 0 Å². The molecule has 3 aromatic rings. The van der Waals surface area contributed by atoms with Gasteiger partial charge in [0, 0.05) is 5.69 Å². The first-order valence-electron chi connectivity index (χ1n) is 8.87. The molecule has 0 saturated carbocycles. The third-order valence-electron chi connectivity index (χ3n) is 4.23. The highest BCUT2D eigenvalue weighted by atomic mass is 16.5. The van der Waals surface area contributed by atoms with E-state index in [4.69, 9.17) is 4.74 Å². The van der Waals surface area contributed by atoms with Gasteiger partial charge in [-0.2, -0.15) is 0 Å². The highest BCUT2D eigenvalue weighted by Crippen LogP contribution is 2.24. The molecule has 5 nitrogen and oxygen atoms in total. The Balaban J connectivity index is 1.93. The fraction of sp³-hybridized carbons (Fsp3) is 0.182. The van der Waals surface area contributed by atoms with Crippen molar-refractivity contribution in [2.24, 2.45) is 0 Å². The van der Waals surface area contributed by atoms with Crippen LogP contribution in [-0.4, -0.2) is 17.5 Å². The number of pyridine rings is 1. The Morgan fingerprint density at radius 3 is 2.30 bits per heavy atom. The van der Waals surface area contributed by atoms with Crippen LogP contribution in [0.4, 0.5) is 0 Å². The number of carbonyl (C=O) groups is 1. The molecule has 2 aromatic carbocycles. The van der Waals surface area contributed by atoms with Crippen LogP contribution < -0.4 is 15.6 Å². The number of H-pyrrole nitrogens is 1. The van der Waals surface area contributed by atoms with Crippen molar-refractivity contribution in [3.63, 3.8) is 0 Å². The maximum Gasteiger partial charge on any atom is 0.260 e. The second-order valence-electron chi connectivity index (χ2n) is 6.20. The zero-order valence-electron chi connectivity index (χ0n) is 15.4. The second kappa shape index (κ2) is 8.36. The molecule has 138 valence electrons. The molecule has 0 spiro atoms. The van der Waals surface area contributed by atoms with Gasteiger partial charge in [-0.25, -0.2) is 0 Å². The zero-order valence-corrected chi connectivity index (χ0v) is 15.4. The molecule has 1 atom stereocenters. The molecule has 0 aliphatic heterocycles. The van der Waals surface area contributed by atoms with Crippen molar-refractivity contribution in [2.75, 3.05) is 6.61 Å². The standard InChI is InChI=1S/C22H22N2O3/c1-3-27-18-12-10-17(11-13-18)20(16-7-5-4-6-8-16)24-22(26)19-14-9-15(2)23-21(19)25/h4-14,20H,3H2,1-2H3,(H,23,25)(H,24,26). The van der Waals surface area contributed by atoms with Crippen LogP contribution in [0, 0.1) is 6.92 Å². The van der Waals surface area contributed by atoms with Gasteiger partial charge in [-0.15, -0.1) is 0 Å². The molecule has 1 aromatic heterocycles. The minimum absolute atomic E-state index is 0.0902. The third kappa shape index (κ3) is 4.44. The molecular weight excluding hydrogens is 340 g/mol. The van der Waals surface area contributed by atoms with Crippen LogP contribution in [0.5, 0.6) is 5.75 Å². The number of aromatic nitrogens is 1. The van der Waals surface area contributed by atoms with Gasteiger partial charge in [0.15, 0.2) is 0 Å². The van der Waals surface area contributed by atoms with Gasteiger partial charge < -0.3 is 15.0 Å². The molecule has 1 amide bonds. The molecule has 0 aliphatic carbocycles. The Morgan fingerprint density at radius 1 is 1.00 bits per heavy atom. The fourth-order valence-corrected chi connectivity index (χ4v) is 2.89. The first-order valence-corrected chi connectivity index (χ1v) is 8.87. The number of rotatable bonds is 6. The molecule has 0 aliphatic rings. The molecule has 0 fully saturated rings. The van der Waals surface area contributed by atoms with Crippen molar-refractivity contribution in [3.8, 4) is 5.75 Å². The molecule has 0 saturated heterocycles. The van der Waals surface area contributed by atoms with Crippen molar-refractivity contribution in [3.05, 3.63) is 99.5 Å². The number of aromatic amines is 1. The molecule has 2 N–H and O–H groups in total. The van der Waals surface area contributed by atoms with Gasteiger partial charge in [-0.1, -0.05) is 42.5 Å². The minimum Gasteiger partial charge on any atom is -0.494 e. The van der Waals surface area contributed by atoms with Crippen LogP contribution in [0.15, 0.2) is 71.5 Å². The van der Waals surface area contributed by atoms with E-state index in [1.807, 2.05) is 61.5 Å². The molecule has 1 unspecified atom stereocenters. The van der Waals surface area contributed by atoms with Crippen LogP contribution in [0.2, 0.25) is 0 Å². The van der Waals surface area contributed by atoms with E-state index in [0.29, 0.717) is 12.3 Å². The summed E-state index contributed by atoms with van der Waals surface area (Å²) in [6.07, 6.45) is 0. The lowest BCUT2D eigenvalue weighted by Gasteiger charge is -2.20. The zero-order chi connectivity index (χ0) is 19.2. The van der Waals surface area contributed by atoms with Crippen molar-refractivity contribution in [1.29, 1.82) is 0 Å². The van der Waals surface area contributed by atoms with Gasteiger partial charge in [0.05, 0.1) is 12.6 Å². The predicted octanol–water partition coefficient (Wildman–Crippen LogP) is 3.60.